The summed E-state index contributed by atoms with van der Waals surface area (Å²) in [6, 6.07) is 13.9. The van der Waals surface area contributed by atoms with Crippen LogP contribution in [0.4, 0.5) is 5.69 Å². The fraction of sp³-hybridized carbons (Fsp3) is 0.440. The molecule has 1 N–H and O–H groups in total. The highest BCUT2D eigenvalue weighted by atomic mass is 32.2. The van der Waals surface area contributed by atoms with Crippen molar-refractivity contribution in [3.63, 3.8) is 0 Å². The Balaban J connectivity index is 1.37. The summed E-state index contributed by atoms with van der Waals surface area (Å²) in [5.74, 6) is -0.463. The predicted octanol–water partition coefficient (Wildman–Crippen LogP) is 3.33. The van der Waals surface area contributed by atoms with Crippen molar-refractivity contribution >= 4 is 27.5 Å². The standard InChI is InChI=1S/C25H31N3O4S/c1-18-5-9-21(10-6-18)26-24(29)23-4-3-15-28(23)25(30)20-13-16-27(17-14-20)33(31,32)22-11-7-19(2)8-12-22/h5-12,20,23H,3-4,13-17H2,1-2H3,(H,26,29). The zero-order valence-corrected chi connectivity index (χ0v) is 20.0. The lowest BCUT2D eigenvalue weighted by molar-refractivity contribution is -0.141. The van der Waals surface area contributed by atoms with E-state index in [4.69, 9.17) is 0 Å². The number of rotatable bonds is 5. The quantitative estimate of drug-likeness (QED) is 0.728. The zero-order chi connectivity index (χ0) is 23.6. The van der Waals surface area contributed by atoms with E-state index in [1.54, 1.807) is 29.2 Å². The number of carbonyl (C=O) groups is 2. The third kappa shape index (κ3) is 5.12. The van der Waals surface area contributed by atoms with Gasteiger partial charge in [-0.1, -0.05) is 35.4 Å². The summed E-state index contributed by atoms with van der Waals surface area (Å²) in [6.07, 6.45) is 2.36. The minimum absolute atomic E-state index is 0.0380. The van der Waals surface area contributed by atoms with E-state index in [9.17, 15) is 18.0 Å². The summed E-state index contributed by atoms with van der Waals surface area (Å²) in [5.41, 5.74) is 2.84. The molecule has 2 heterocycles. The van der Waals surface area contributed by atoms with E-state index < -0.39 is 16.1 Å². The molecule has 0 radical (unpaired) electrons. The molecule has 176 valence electrons. The Morgan fingerprint density at radius 2 is 1.42 bits per heavy atom. The highest BCUT2D eigenvalue weighted by Gasteiger charge is 2.39. The van der Waals surface area contributed by atoms with Crippen LogP contribution in [0.5, 0.6) is 0 Å². The first-order chi connectivity index (χ1) is 15.8. The van der Waals surface area contributed by atoms with Gasteiger partial charge in [0.25, 0.3) is 0 Å². The van der Waals surface area contributed by atoms with Crippen molar-refractivity contribution in [2.45, 2.75) is 50.5 Å². The topological polar surface area (TPSA) is 86.8 Å². The Morgan fingerprint density at radius 1 is 0.848 bits per heavy atom. The van der Waals surface area contributed by atoms with Crippen LogP contribution in [0.15, 0.2) is 53.4 Å². The minimum atomic E-state index is -3.56. The number of hydrogen-bond acceptors (Lipinski definition) is 4. The molecule has 1 unspecified atom stereocenters. The van der Waals surface area contributed by atoms with Gasteiger partial charge in [0.05, 0.1) is 4.90 Å². The molecule has 4 rings (SSSR count). The molecule has 0 aliphatic carbocycles. The van der Waals surface area contributed by atoms with Gasteiger partial charge in [-0.3, -0.25) is 9.59 Å². The minimum Gasteiger partial charge on any atom is -0.330 e. The van der Waals surface area contributed by atoms with E-state index >= 15 is 0 Å². The number of anilines is 1. The first-order valence-corrected chi connectivity index (χ1v) is 12.9. The van der Waals surface area contributed by atoms with Gasteiger partial charge in [0.15, 0.2) is 0 Å². The van der Waals surface area contributed by atoms with Crippen molar-refractivity contribution < 1.29 is 18.0 Å². The maximum Gasteiger partial charge on any atom is 0.247 e. The molecule has 33 heavy (non-hydrogen) atoms. The van der Waals surface area contributed by atoms with Gasteiger partial charge in [0, 0.05) is 31.2 Å². The molecule has 8 heteroatoms. The Hall–Kier alpha value is -2.71. The fourth-order valence-corrected chi connectivity index (χ4v) is 6.07. The molecule has 2 aromatic rings. The molecule has 2 saturated heterocycles. The number of amides is 2. The van der Waals surface area contributed by atoms with Gasteiger partial charge in [0.1, 0.15) is 6.04 Å². The lowest BCUT2D eigenvalue weighted by atomic mass is 9.96. The predicted molar refractivity (Wildman–Crippen MR) is 127 cm³/mol. The lowest BCUT2D eigenvalue weighted by Gasteiger charge is -2.34. The molecule has 0 bridgehead atoms. The summed E-state index contributed by atoms with van der Waals surface area (Å²) >= 11 is 0. The van der Waals surface area contributed by atoms with Crippen LogP contribution in [0.25, 0.3) is 0 Å². The number of aryl methyl sites for hydroxylation is 2. The van der Waals surface area contributed by atoms with Crippen molar-refractivity contribution in [3.05, 3.63) is 59.7 Å². The molecule has 0 saturated carbocycles. The molecule has 0 spiro atoms. The maximum absolute atomic E-state index is 13.3. The van der Waals surface area contributed by atoms with Gasteiger partial charge in [-0.25, -0.2) is 8.42 Å². The summed E-state index contributed by atoms with van der Waals surface area (Å²) in [6.45, 7) is 5.08. The van der Waals surface area contributed by atoms with Crippen LogP contribution in [-0.2, 0) is 19.6 Å². The SMILES string of the molecule is Cc1ccc(NC(=O)C2CCCN2C(=O)C2CCN(S(=O)(=O)c3ccc(C)cc3)CC2)cc1. The number of nitrogens with one attached hydrogen (secondary N) is 1. The molecule has 2 amide bonds. The van der Waals surface area contributed by atoms with Gasteiger partial charge in [-0.05, 0) is 63.8 Å². The highest BCUT2D eigenvalue weighted by molar-refractivity contribution is 7.89. The Morgan fingerprint density at radius 3 is 2.03 bits per heavy atom. The molecule has 2 aromatic carbocycles. The normalized spacial score (nSPS) is 20.1. The Kier molecular flexibility index (Phi) is 6.86. The molecule has 2 aliphatic heterocycles. The van der Waals surface area contributed by atoms with E-state index in [-0.39, 0.29) is 22.6 Å². The summed E-state index contributed by atoms with van der Waals surface area (Å²) in [4.78, 5) is 28.1. The van der Waals surface area contributed by atoms with Crippen molar-refractivity contribution in [2.24, 2.45) is 5.92 Å². The first kappa shape index (κ1) is 23.4. The molecule has 2 fully saturated rings. The largest absolute Gasteiger partial charge is 0.330 e. The number of hydrogen-bond donors (Lipinski definition) is 1. The lowest BCUT2D eigenvalue weighted by Crippen LogP contribution is -2.48. The van der Waals surface area contributed by atoms with E-state index in [2.05, 4.69) is 5.32 Å². The van der Waals surface area contributed by atoms with Crippen LogP contribution in [0.1, 0.15) is 36.8 Å². The fourth-order valence-electron chi connectivity index (χ4n) is 4.60. The van der Waals surface area contributed by atoms with E-state index in [1.807, 2.05) is 38.1 Å². The van der Waals surface area contributed by atoms with Crippen LogP contribution in [0, 0.1) is 19.8 Å². The monoisotopic (exact) mass is 469 g/mol. The number of nitrogens with zero attached hydrogens (tertiary/aromatic N) is 2. The van der Waals surface area contributed by atoms with Crippen LogP contribution in [0.3, 0.4) is 0 Å². The number of sulfonamides is 1. The van der Waals surface area contributed by atoms with Crippen molar-refractivity contribution in [1.82, 2.24) is 9.21 Å². The van der Waals surface area contributed by atoms with E-state index in [1.165, 1.54) is 4.31 Å². The number of piperidine rings is 1. The van der Waals surface area contributed by atoms with Crippen molar-refractivity contribution in [1.29, 1.82) is 0 Å². The number of carbonyl (C=O) groups excluding carboxylic acids is 2. The van der Waals surface area contributed by atoms with Gasteiger partial charge >= 0.3 is 0 Å². The highest BCUT2D eigenvalue weighted by Crippen LogP contribution is 2.28. The average molecular weight is 470 g/mol. The third-order valence-electron chi connectivity index (χ3n) is 6.62. The third-order valence-corrected chi connectivity index (χ3v) is 8.53. The second-order valence-corrected chi connectivity index (χ2v) is 11.0. The molecule has 2 aliphatic rings. The van der Waals surface area contributed by atoms with Crippen LogP contribution < -0.4 is 5.32 Å². The van der Waals surface area contributed by atoms with Gasteiger partial charge in [0.2, 0.25) is 21.8 Å². The molecule has 7 nitrogen and oxygen atoms in total. The van der Waals surface area contributed by atoms with Crippen LogP contribution in [-0.4, -0.2) is 55.1 Å². The summed E-state index contributed by atoms with van der Waals surface area (Å²) in [7, 11) is -3.56. The second-order valence-electron chi connectivity index (χ2n) is 9.04. The van der Waals surface area contributed by atoms with Crippen LogP contribution >= 0.6 is 0 Å². The van der Waals surface area contributed by atoms with E-state index in [0.29, 0.717) is 38.9 Å². The number of likely N-dealkylation sites (tertiary alicyclic amines) is 1. The maximum atomic E-state index is 13.3. The van der Waals surface area contributed by atoms with Crippen LogP contribution in [0.2, 0.25) is 0 Å². The molecular weight excluding hydrogens is 438 g/mol. The molecular formula is C25H31N3O4S. The molecule has 0 aromatic heterocycles. The second kappa shape index (κ2) is 9.65. The summed E-state index contributed by atoms with van der Waals surface area (Å²) in [5, 5.41) is 2.93. The van der Waals surface area contributed by atoms with Gasteiger partial charge < -0.3 is 10.2 Å². The smallest absolute Gasteiger partial charge is 0.247 e. The van der Waals surface area contributed by atoms with Gasteiger partial charge in [-0.2, -0.15) is 4.31 Å². The van der Waals surface area contributed by atoms with Crippen molar-refractivity contribution in [2.75, 3.05) is 25.0 Å². The van der Waals surface area contributed by atoms with Crippen molar-refractivity contribution in [3.8, 4) is 0 Å². The average Bonchev–Trinajstić information content (AvgIpc) is 3.31. The number of benzene rings is 2. The summed E-state index contributed by atoms with van der Waals surface area (Å²) < 4.78 is 27.4. The Bertz CT molecular complexity index is 1110. The van der Waals surface area contributed by atoms with Gasteiger partial charge in [-0.15, -0.1) is 0 Å². The Labute approximate surface area is 195 Å². The van der Waals surface area contributed by atoms with E-state index in [0.717, 1.165) is 23.2 Å². The zero-order valence-electron chi connectivity index (χ0n) is 19.2. The molecule has 1 atom stereocenters. The first-order valence-electron chi connectivity index (χ1n) is 11.5.